The molecule has 0 amide bonds. The highest BCUT2D eigenvalue weighted by Crippen LogP contribution is 2.25. The number of carbonyl (C=O) groups is 1. The number of unbranched alkanes of at least 4 members (excludes halogenated alkanes) is 63. The van der Waals surface area contributed by atoms with Gasteiger partial charge in [0.05, 0.1) is 18.1 Å². The molecule has 0 aliphatic carbocycles. The number of aliphatic carboxylic acids is 1. The van der Waals surface area contributed by atoms with Crippen molar-refractivity contribution in [2.45, 2.75) is 482 Å². The van der Waals surface area contributed by atoms with E-state index in [0.29, 0.717) is 24.9 Å². The molecule has 4 nitrogen and oxygen atoms in total. The molecule has 4 heteroatoms. The summed E-state index contributed by atoms with van der Waals surface area (Å²) in [5.41, 5.74) is 0. The van der Waals surface area contributed by atoms with Crippen LogP contribution in [0.1, 0.15) is 470 Å². The normalized spacial score (nSPS) is 13.3. The first-order chi connectivity index (χ1) is 41.0. The molecule has 498 valence electrons. The van der Waals surface area contributed by atoms with Crippen LogP contribution in [0.15, 0.2) is 0 Å². The lowest BCUT2D eigenvalue weighted by molar-refractivity contribution is -0.146. The Bertz CT molecular complexity index is 1170. The molecule has 4 atom stereocenters. The summed E-state index contributed by atoms with van der Waals surface area (Å²) in [6.45, 7) is 7.05. The van der Waals surface area contributed by atoms with Gasteiger partial charge in [-0.3, -0.25) is 4.79 Å². The third kappa shape index (κ3) is 65.7. The molecule has 0 heterocycles. The minimum atomic E-state index is -0.800. The van der Waals surface area contributed by atoms with Gasteiger partial charge in [-0.05, 0) is 31.6 Å². The van der Waals surface area contributed by atoms with Crippen LogP contribution in [0.4, 0.5) is 0 Å². The second-order valence-corrected chi connectivity index (χ2v) is 28.0. The summed E-state index contributed by atoms with van der Waals surface area (Å²) < 4.78 is 5.98. The van der Waals surface area contributed by atoms with E-state index in [4.69, 9.17) is 4.74 Å². The zero-order chi connectivity index (χ0) is 60.1. The van der Waals surface area contributed by atoms with E-state index in [1.807, 2.05) is 7.11 Å². The lowest BCUT2D eigenvalue weighted by Crippen LogP contribution is -2.28. The third-order valence-corrected chi connectivity index (χ3v) is 19.8. The molecule has 0 bridgehead atoms. The van der Waals surface area contributed by atoms with Crippen molar-refractivity contribution in [3.63, 3.8) is 0 Å². The molecule has 4 unspecified atom stereocenters. The number of aliphatic hydroxyl groups excluding tert-OH is 1. The van der Waals surface area contributed by atoms with E-state index < -0.39 is 18.0 Å². The van der Waals surface area contributed by atoms with E-state index >= 15 is 0 Å². The van der Waals surface area contributed by atoms with E-state index in [9.17, 15) is 15.0 Å². The molecular weight excluding hydrogens is 1010 g/mol. The van der Waals surface area contributed by atoms with Crippen LogP contribution in [0.25, 0.3) is 0 Å². The van der Waals surface area contributed by atoms with Crippen molar-refractivity contribution < 1.29 is 19.7 Å². The van der Waals surface area contributed by atoms with Crippen molar-refractivity contribution in [3.8, 4) is 0 Å². The maximum Gasteiger partial charge on any atom is 0.309 e. The summed E-state index contributed by atoms with van der Waals surface area (Å²) in [5.74, 6) is -0.674. The number of hydrogen-bond acceptors (Lipinski definition) is 3. The first kappa shape index (κ1) is 82.4. The first-order valence-corrected chi connectivity index (χ1v) is 39.4. The summed E-state index contributed by atoms with van der Waals surface area (Å²) in [7, 11) is 1.95. The molecule has 0 fully saturated rings. The zero-order valence-electron chi connectivity index (χ0n) is 58.0. The number of hydrogen-bond donors (Lipinski definition) is 2. The van der Waals surface area contributed by atoms with Gasteiger partial charge in [-0.2, -0.15) is 0 Å². The fourth-order valence-corrected chi connectivity index (χ4v) is 13.8. The van der Waals surface area contributed by atoms with E-state index in [1.54, 1.807) is 0 Å². The van der Waals surface area contributed by atoms with E-state index in [1.165, 1.54) is 411 Å². The molecule has 0 spiro atoms. The van der Waals surface area contributed by atoms with Crippen molar-refractivity contribution >= 4 is 5.97 Å². The molecule has 0 aromatic heterocycles. The van der Waals surface area contributed by atoms with Crippen LogP contribution in [0.5, 0.6) is 0 Å². The van der Waals surface area contributed by atoms with Gasteiger partial charge >= 0.3 is 5.97 Å². The Kier molecular flexibility index (Phi) is 71.6. The van der Waals surface area contributed by atoms with Crippen molar-refractivity contribution in [2.24, 2.45) is 11.8 Å². The molecule has 83 heavy (non-hydrogen) atoms. The van der Waals surface area contributed by atoms with Crippen molar-refractivity contribution in [1.29, 1.82) is 0 Å². The Labute approximate surface area is 524 Å². The van der Waals surface area contributed by atoms with Gasteiger partial charge in [0.25, 0.3) is 0 Å². The predicted octanol–water partition coefficient (Wildman–Crippen LogP) is 28.0. The van der Waals surface area contributed by atoms with Crippen LogP contribution in [0, 0.1) is 11.8 Å². The zero-order valence-corrected chi connectivity index (χ0v) is 58.0. The average Bonchev–Trinajstić information content (AvgIpc) is 3.48. The van der Waals surface area contributed by atoms with Gasteiger partial charge in [0.2, 0.25) is 0 Å². The molecule has 2 N–H and O–H groups in total. The summed E-state index contributed by atoms with van der Waals surface area (Å²) in [4.78, 5) is 11.9. The maximum atomic E-state index is 11.9. The molecule has 0 aliphatic rings. The van der Waals surface area contributed by atoms with Gasteiger partial charge in [0, 0.05) is 7.11 Å². The lowest BCUT2D eigenvalue weighted by Gasteiger charge is -2.22. The molecule has 0 aromatic carbocycles. The monoisotopic (exact) mass is 1170 g/mol. The van der Waals surface area contributed by atoms with Crippen LogP contribution in [0.3, 0.4) is 0 Å². The number of carboxylic acids is 1. The van der Waals surface area contributed by atoms with Gasteiger partial charge in [-0.25, -0.2) is 0 Å². The fourth-order valence-electron chi connectivity index (χ4n) is 13.8. The smallest absolute Gasteiger partial charge is 0.309 e. The molecular formula is C79H158O4. The summed E-state index contributed by atoms with van der Waals surface area (Å²) >= 11 is 0. The largest absolute Gasteiger partial charge is 0.481 e. The summed E-state index contributed by atoms with van der Waals surface area (Å²) in [6.07, 6.45) is 95.8. The quantitative estimate of drug-likeness (QED) is 0.0596. The van der Waals surface area contributed by atoms with Gasteiger partial charge < -0.3 is 14.9 Å². The van der Waals surface area contributed by atoms with Crippen LogP contribution in [-0.2, 0) is 9.53 Å². The minimum Gasteiger partial charge on any atom is -0.481 e. The molecule has 0 rings (SSSR count). The average molecular weight is 1170 g/mol. The van der Waals surface area contributed by atoms with Gasteiger partial charge in [0.1, 0.15) is 0 Å². The second-order valence-electron chi connectivity index (χ2n) is 28.0. The first-order valence-electron chi connectivity index (χ1n) is 39.4. The van der Waals surface area contributed by atoms with Crippen molar-refractivity contribution in [1.82, 2.24) is 0 Å². The Morgan fingerprint density at radius 1 is 0.265 bits per heavy atom. The molecule has 0 saturated carbocycles. The molecule has 0 radical (unpaired) electrons. The van der Waals surface area contributed by atoms with E-state index in [0.717, 1.165) is 25.7 Å². The van der Waals surface area contributed by atoms with Crippen molar-refractivity contribution in [2.75, 3.05) is 7.11 Å². The maximum absolute atomic E-state index is 11.9. The fraction of sp³-hybridized carbons (Fsp3) is 0.987. The summed E-state index contributed by atoms with van der Waals surface area (Å²) in [6, 6.07) is 0. The van der Waals surface area contributed by atoms with Crippen LogP contribution >= 0.6 is 0 Å². The van der Waals surface area contributed by atoms with Gasteiger partial charge in [-0.1, -0.05) is 445 Å². The minimum absolute atomic E-state index is 0.468. The number of aliphatic hydroxyl groups is 1. The Balaban J connectivity index is 3.39. The highest BCUT2D eigenvalue weighted by atomic mass is 16.5. The lowest BCUT2D eigenvalue weighted by atomic mass is 9.91. The van der Waals surface area contributed by atoms with Crippen LogP contribution < -0.4 is 0 Å². The van der Waals surface area contributed by atoms with Crippen LogP contribution in [0.2, 0.25) is 0 Å². The highest BCUT2D eigenvalue weighted by molar-refractivity contribution is 5.70. The van der Waals surface area contributed by atoms with E-state index in [-0.39, 0.29) is 0 Å². The number of ether oxygens (including phenoxy) is 1. The number of carboxylic acid groups (broad SMARTS) is 1. The molecule has 0 aromatic rings. The Morgan fingerprint density at radius 3 is 0.627 bits per heavy atom. The number of rotatable bonds is 75. The van der Waals surface area contributed by atoms with Crippen LogP contribution in [-0.4, -0.2) is 35.5 Å². The van der Waals surface area contributed by atoms with Gasteiger partial charge in [-0.15, -0.1) is 0 Å². The SMILES string of the molecule is CCCCCCCCCCCCCCCCCCCCC(C)C(CCCCCCCCCCCCCCCCCCCCCCCCCCCCCCCCC(O)C(CCCCCCCCCCCCCCCCCCCC)C(=O)O)OC. The number of methoxy groups -OCH3 is 1. The molecule has 0 aliphatic heterocycles. The molecule has 0 saturated heterocycles. The highest BCUT2D eigenvalue weighted by Gasteiger charge is 2.25. The standard InChI is InChI=1S/C79H158O4/c1-5-7-9-11-13-15-17-19-21-23-39-43-47-51-55-59-63-67-71-75(3)78(83-4)74-70-66-62-58-54-50-46-42-38-36-34-32-30-28-26-25-27-29-31-33-35-37-41-45-49-53-57-61-65-69-73-77(80)76(79(81)82)72-68-64-60-56-52-48-44-40-24-22-20-18-16-14-12-10-8-6-2/h75-78,80H,5-74H2,1-4H3,(H,81,82). The summed E-state index contributed by atoms with van der Waals surface area (Å²) in [5, 5.41) is 20.5. The van der Waals surface area contributed by atoms with Gasteiger partial charge in [0.15, 0.2) is 0 Å². The third-order valence-electron chi connectivity index (χ3n) is 19.8. The predicted molar refractivity (Wildman–Crippen MR) is 372 cm³/mol. The second kappa shape index (κ2) is 72.1. The Morgan fingerprint density at radius 2 is 0.434 bits per heavy atom. The topological polar surface area (TPSA) is 66.8 Å². The van der Waals surface area contributed by atoms with E-state index in [2.05, 4.69) is 20.8 Å². The Hall–Kier alpha value is -0.610. The van der Waals surface area contributed by atoms with Crippen molar-refractivity contribution in [3.05, 3.63) is 0 Å².